The molecule has 0 saturated carbocycles. The Morgan fingerprint density at radius 3 is 2.26 bits per heavy atom. The van der Waals surface area contributed by atoms with Crippen LogP contribution in [0.25, 0.3) is 0 Å². The van der Waals surface area contributed by atoms with Crippen molar-refractivity contribution in [2.75, 3.05) is 6.54 Å². The second kappa shape index (κ2) is 7.14. The fourth-order valence-corrected chi connectivity index (χ4v) is 2.30. The Labute approximate surface area is 114 Å². The third-order valence-corrected chi connectivity index (χ3v) is 3.28. The number of benzene rings is 1. The maximum absolute atomic E-state index is 10.7. The first-order chi connectivity index (χ1) is 8.90. The van der Waals surface area contributed by atoms with Gasteiger partial charge in [0.25, 0.3) is 0 Å². The molecule has 1 rings (SSSR count). The average Bonchev–Trinajstić information content (AvgIpc) is 2.31. The van der Waals surface area contributed by atoms with Crippen LogP contribution >= 0.6 is 0 Å². The van der Waals surface area contributed by atoms with Crippen molar-refractivity contribution < 1.29 is 15.0 Å². The third kappa shape index (κ3) is 5.30. The molecule has 4 nitrogen and oxygen atoms in total. The number of hydrogen-bond acceptors (Lipinski definition) is 3. The summed E-state index contributed by atoms with van der Waals surface area (Å²) in [6, 6.07) is 7.75. The van der Waals surface area contributed by atoms with E-state index in [1.165, 1.54) is 0 Å². The standard InChI is InChI=1S/C15H23NO3/c1-11(2)16(9-8-15(18)19)12(3)10-13-4-6-14(17)7-5-13/h4-7,11-12,17H,8-10H2,1-3H3,(H,18,19). The number of aliphatic carboxylic acids is 1. The summed E-state index contributed by atoms with van der Waals surface area (Å²) < 4.78 is 0. The first kappa shape index (κ1) is 15.5. The molecule has 0 heterocycles. The van der Waals surface area contributed by atoms with Crippen molar-refractivity contribution in [3.8, 4) is 5.75 Å². The highest BCUT2D eigenvalue weighted by molar-refractivity contribution is 5.66. The SMILES string of the molecule is CC(C)N(CCC(=O)O)C(C)Cc1ccc(O)cc1. The van der Waals surface area contributed by atoms with Crippen molar-refractivity contribution in [1.29, 1.82) is 0 Å². The van der Waals surface area contributed by atoms with Crippen LogP contribution in [0.5, 0.6) is 5.75 Å². The van der Waals surface area contributed by atoms with Gasteiger partial charge in [0, 0.05) is 18.6 Å². The lowest BCUT2D eigenvalue weighted by molar-refractivity contribution is -0.137. The highest BCUT2D eigenvalue weighted by atomic mass is 16.4. The van der Waals surface area contributed by atoms with E-state index >= 15 is 0 Å². The van der Waals surface area contributed by atoms with E-state index in [0.29, 0.717) is 12.6 Å². The normalized spacial score (nSPS) is 12.9. The smallest absolute Gasteiger partial charge is 0.304 e. The first-order valence-corrected chi connectivity index (χ1v) is 6.65. The summed E-state index contributed by atoms with van der Waals surface area (Å²) in [5.74, 6) is -0.495. The van der Waals surface area contributed by atoms with Crippen LogP contribution in [0.1, 0.15) is 32.8 Å². The van der Waals surface area contributed by atoms with Gasteiger partial charge in [-0.3, -0.25) is 9.69 Å². The number of rotatable bonds is 7. The Morgan fingerprint density at radius 1 is 1.21 bits per heavy atom. The van der Waals surface area contributed by atoms with Gasteiger partial charge in [0.15, 0.2) is 0 Å². The average molecular weight is 265 g/mol. The number of phenolic OH excluding ortho intramolecular Hbond substituents is 1. The van der Waals surface area contributed by atoms with Gasteiger partial charge in [-0.15, -0.1) is 0 Å². The number of carbonyl (C=O) groups is 1. The molecule has 2 N–H and O–H groups in total. The van der Waals surface area contributed by atoms with Gasteiger partial charge in [-0.2, -0.15) is 0 Å². The molecular formula is C15H23NO3. The number of carboxylic acid groups (broad SMARTS) is 1. The molecule has 1 aromatic carbocycles. The largest absolute Gasteiger partial charge is 0.508 e. The van der Waals surface area contributed by atoms with Crippen LogP contribution in [0.4, 0.5) is 0 Å². The summed E-state index contributed by atoms with van der Waals surface area (Å²) >= 11 is 0. The summed E-state index contributed by atoms with van der Waals surface area (Å²) in [4.78, 5) is 12.9. The van der Waals surface area contributed by atoms with Crippen LogP contribution in [0.3, 0.4) is 0 Å². The van der Waals surface area contributed by atoms with Gasteiger partial charge in [0.05, 0.1) is 6.42 Å². The first-order valence-electron chi connectivity index (χ1n) is 6.65. The molecule has 0 aliphatic carbocycles. The van der Waals surface area contributed by atoms with E-state index < -0.39 is 5.97 Å². The second-order valence-electron chi connectivity index (χ2n) is 5.19. The zero-order valence-corrected chi connectivity index (χ0v) is 11.8. The van der Waals surface area contributed by atoms with E-state index in [1.807, 2.05) is 12.1 Å². The van der Waals surface area contributed by atoms with Crippen LogP contribution in [-0.4, -0.2) is 39.7 Å². The maximum Gasteiger partial charge on any atom is 0.304 e. The third-order valence-electron chi connectivity index (χ3n) is 3.28. The number of phenols is 1. The highest BCUT2D eigenvalue weighted by Gasteiger charge is 2.18. The molecule has 106 valence electrons. The Balaban J connectivity index is 2.63. The maximum atomic E-state index is 10.7. The van der Waals surface area contributed by atoms with Gasteiger partial charge >= 0.3 is 5.97 Å². The molecule has 0 aliphatic heterocycles. The fraction of sp³-hybridized carbons (Fsp3) is 0.533. The highest BCUT2D eigenvalue weighted by Crippen LogP contribution is 2.15. The van der Waals surface area contributed by atoms with E-state index in [2.05, 4.69) is 25.7 Å². The summed E-state index contributed by atoms with van der Waals surface area (Å²) in [6.45, 7) is 6.82. The number of carboxylic acids is 1. The van der Waals surface area contributed by atoms with Gasteiger partial charge in [-0.05, 0) is 44.9 Å². The lowest BCUT2D eigenvalue weighted by Gasteiger charge is -2.32. The Kier molecular flexibility index (Phi) is 5.83. The van der Waals surface area contributed by atoms with Crippen molar-refractivity contribution in [3.05, 3.63) is 29.8 Å². The van der Waals surface area contributed by atoms with E-state index in [0.717, 1.165) is 12.0 Å². The van der Waals surface area contributed by atoms with Gasteiger partial charge in [-0.25, -0.2) is 0 Å². The summed E-state index contributed by atoms with van der Waals surface area (Å²) in [7, 11) is 0. The van der Waals surface area contributed by atoms with Gasteiger partial charge in [-0.1, -0.05) is 12.1 Å². The molecule has 19 heavy (non-hydrogen) atoms. The van der Waals surface area contributed by atoms with Crippen LogP contribution in [0.2, 0.25) is 0 Å². The van der Waals surface area contributed by atoms with Crippen molar-refractivity contribution >= 4 is 5.97 Å². The van der Waals surface area contributed by atoms with Gasteiger partial charge < -0.3 is 10.2 Å². The summed E-state index contributed by atoms with van der Waals surface area (Å²) in [5.41, 5.74) is 1.14. The molecule has 0 saturated heterocycles. The van der Waals surface area contributed by atoms with Crippen molar-refractivity contribution in [2.45, 2.75) is 45.7 Å². The molecule has 0 radical (unpaired) electrons. The monoisotopic (exact) mass is 265 g/mol. The van der Waals surface area contributed by atoms with Gasteiger partial charge in [0.1, 0.15) is 5.75 Å². The van der Waals surface area contributed by atoms with Crippen LogP contribution < -0.4 is 0 Å². The zero-order valence-electron chi connectivity index (χ0n) is 11.8. The van der Waals surface area contributed by atoms with Crippen LogP contribution in [0, 0.1) is 0 Å². The molecular weight excluding hydrogens is 242 g/mol. The van der Waals surface area contributed by atoms with E-state index in [4.69, 9.17) is 5.11 Å². The number of nitrogens with zero attached hydrogens (tertiary/aromatic N) is 1. The lowest BCUT2D eigenvalue weighted by Crippen LogP contribution is -2.41. The molecule has 0 spiro atoms. The second-order valence-corrected chi connectivity index (χ2v) is 5.19. The molecule has 1 unspecified atom stereocenters. The summed E-state index contributed by atoms with van der Waals surface area (Å²) in [6.07, 6.45) is 1.01. The van der Waals surface area contributed by atoms with E-state index in [-0.39, 0.29) is 18.2 Å². The van der Waals surface area contributed by atoms with Gasteiger partial charge in [0.2, 0.25) is 0 Å². The molecule has 0 bridgehead atoms. The number of aromatic hydroxyl groups is 1. The Hall–Kier alpha value is -1.55. The van der Waals surface area contributed by atoms with Crippen molar-refractivity contribution in [1.82, 2.24) is 4.90 Å². The van der Waals surface area contributed by atoms with E-state index in [1.54, 1.807) is 12.1 Å². The minimum atomic E-state index is -0.762. The van der Waals surface area contributed by atoms with Crippen molar-refractivity contribution in [2.24, 2.45) is 0 Å². The molecule has 0 fully saturated rings. The summed E-state index contributed by atoms with van der Waals surface area (Å²) in [5, 5.41) is 18.0. The Morgan fingerprint density at radius 2 is 1.79 bits per heavy atom. The molecule has 0 amide bonds. The van der Waals surface area contributed by atoms with E-state index in [9.17, 15) is 9.90 Å². The van der Waals surface area contributed by atoms with Crippen molar-refractivity contribution in [3.63, 3.8) is 0 Å². The predicted octanol–water partition coefficient (Wildman–Crippen LogP) is 2.51. The minimum Gasteiger partial charge on any atom is -0.508 e. The van der Waals surface area contributed by atoms with Crippen LogP contribution in [-0.2, 0) is 11.2 Å². The molecule has 0 aromatic heterocycles. The molecule has 4 heteroatoms. The molecule has 1 atom stereocenters. The Bertz CT molecular complexity index is 400. The van der Waals surface area contributed by atoms with Crippen LogP contribution in [0.15, 0.2) is 24.3 Å². The topological polar surface area (TPSA) is 60.8 Å². The lowest BCUT2D eigenvalue weighted by atomic mass is 10.0. The molecule has 1 aromatic rings. The fourth-order valence-electron chi connectivity index (χ4n) is 2.30. The zero-order chi connectivity index (χ0) is 14.4. The predicted molar refractivity (Wildman–Crippen MR) is 75.4 cm³/mol. The molecule has 0 aliphatic rings. The quantitative estimate of drug-likeness (QED) is 0.795. The number of hydrogen-bond donors (Lipinski definition) is 2. The minimum absolute atomic E-state index is 0.165.